The molecule has 1 aromatic rings. The van der Waals surface area contributed by atoms with Crippen LogP contribution in [0.15, 0.2) is 9.72 Å². The fourth-order valence-corrected chi connectivity index (χ4v) is 4.92. The number of likely N-dealkylation sites (tertiary alicyclic amines) is 1. The summed E-state index contributed by atoms with van der Waals surface area (Å²) in [5.74, 6) is 1.26. The fraction of sp³-hybridized carbons (Fsp3) is 0.778. The summed E-state index contributed by atoms with van der Waals surface area (Å²) in [6.45, 7) is 7.13. The predicted molar refractivity (Wildman–Crippen MR) is 104 cm³/mol. The van der Waals surface area contributed by atoms with E-state index in [1.54, 1.807) is 23.1 Å². The van der Waals surface area contributed by atoms with E-state index < -0.39 is 0 Å². The number of hydrogen-bond acceptors (Lipinski definition) is 5. The number of carbonyl (C=O) groups excluding carboxylic acids is 1. The molecular formula is C18H31N3OS2. The van der Waals surface area contributed by atoms with Crippen molar-refractivity contribution in [2.75, 3.05) is 25.4 Å². The Morgan fingerprint density at radius 1 is 1.38 bits per heavy atom. The number of aryl methyl sites for hydroxylation is 1. The number of carbonyl (C=O) groups is 1. The second-order valence-corrected chi connectivity index (χ2v) is 8.70. The van der Waals surface area contributed by atoms with E-state index in [0.717, 1.165) is 41.8 Å². The minimum absolute atomic E-state index is 0.320. The van der Waals surface area contributed by atoms with Gasteiger partial charge in [0.15, 0.2) is 0 Å². The van der Waals surface area contributed by atoms with Crippen LogP contribution in [0.2, 0.25) is 0 Å². The van der Waals surface area contributed by atoms with E-state index in [9.17, 15) is 4.79 Å². The van der Waals surface area contributed by atoms with Gasteiger partial charge >= 0.3 is 0 Å². The summed E-state index contributed by atoms with van der Waals surface area (Å²) in [6.07, 6.45) is 8.27. The maximum atomic E-state index is 12.1. The lowest BCUT2D eigenvalue weighted by Crippen LogP contribution is -2.41. The molecule has 6 heteroatoms. The lowest BCUT2D eigenvalue weighted by Gasteiger charge is -2.25. The van der Waals surface area contributed by atoms with Crippen molar-refractivity contribution in [1.29, 1.82) is 0 Å². The van der Waals surface area contributed by atoms with Crippen molar-refractivity contribution in [2.24, 2.45) is 0 Å². The van der Waals surface area contributed by atoms with Crippen LogP contribution in [0.25, 0.3) is 0 Å². The minimum atomic E-state index is 0.320. The van der Waals surface area contributed by atoms with Crippen LogP contribution in [-0.2, 0) is 4.79 Å². The van der Waals surface area contributed by atoms with Gasteiger partial charge in [0.2, 0.25) is 5.91 Å². The van der Waals surface area contributed by atoms with Crippen LogP contribution in [-0.4, -0.2) is 47.2 Å². The van der Waals surface area contributed by atoms with Gasteiger partial charge in [0.25, 0.3) is 0 Å². The summed E-state index contributed by atoms with van der Waals surface area (Å²) in [7, 11) is 0. The van der Waals surface area contributed by atoms with Crippen molar-refractivity contribution in [3.05, 3.63) is 11.1 Å². The third-order valence-electron chi connectivity index (χ3n) is 4.45. The van der Waals surface area contributed by atoms with Crippen LogP contribution in [0.1, 0.15) is 57.6 Å². The van der Waals surface area contributed by atoms with Gasteiger partial charge in [0, 0.05) is 42.4 Å². The van der Waals surface area contributed by atoms with E-state index in [0.29, 0.717) is 18.4 Å². The second kappa shape index (κ2) is 11.1. The summed E-state index contributed by atoms with van der Waals surface area (Å²) < 4.78 is 1.11. The number of rotatable bonds is 12. The van der Waals surface area contributed by atoms with Gasteiger partial charge in [0.1, 0.15) is 4.34 Å². The predicted octanol–water partition coefficient (Wildman–Crippen LogP) is 4.09. The molecule has 0 radical (unpaired) electrons. The number of hydrogen-bond donors (Lipinski definition) is 1. The molecule has 136 valence electrons. The van der Waals surface area contributed by atoms with Crippen molar-refractivity contribution < 1.29 is 4.79 Å². The molecule has 1 aliphatic heterocycles. The summed E-state index contributed by atoms with van der Waals surface area (Å²) in [6, 6.07) is 0.381. The molecule has 1 N–H and O–H groups in total. The Balaban J connectivity index is 1.61. The molecule has 1 fully saturated rings. The first-order chi connectivity index (χ1) is 11.7. The monoisotopic (exact) mass is 369 g/mol. The molecule has 4 nitrogen and oxygen atoms in total. The van der Waals surface area contributed by atoms with E-state index in [1.165, 1.54) is 32.1 Å². The van der Waals surface area contributed by atoms with Crippen LogP contribution < -0.4 is 5.32 Å². The highest BCUT2D eigenvalue weighted by Crippen LogP contribution is 2.24. The standard InChI is InChI=1S/C18H31N3OS2/c1-3-4-5-6-7-10-19-13-16-8-9-17(22)21(16)11-12-23-18-20-15(2)14-24-18/h14,16,19H,3-13H2,1-2H3/t16-/m1/s1. The van der Waals surface area contributed by atoms with Crippen molar-refractivity contribution >= 4 is 29.0 Å². The fourth-order valence-electron chi connectivity index (χ4n) is 3.06. The van der Waals surface area contributed by atoms with Gasteiger partial charge in [-0.15, -0.1) is 11.3 Å². The van der Waals surface area contributed by atoms with Gasteiger partial charge in [-0.1, -0.05) is 44.4 Å². The maximum absolute atomic E-state index is 12.1. The molecule has 0 bridgehead atoms. The molecule has 0 aromatic carbocycles. The molecule has 2 rings (SSSR count). The number of aromatic nitrogens is 1. The Hall–Kier alpha value is -0.590. The molecule has 1 atom stereocenters. The second-order valence-electron chi connectivity index (χ2n) is 6.50. The van der Waals surface area contributed by atoms with Crippen molar-refractivity contribution in [3.63, 3.8) is 0 Å². The Kier molecular flexibility index (Phi) is 9.13. The van der Waals surface area contributed by atoms with E-state index >= 15 is 0 Å². The van der Waals surface area contributed by atoms with E-state index in [4.69, 9.17) is 0 Å². The third kappa shape index (κ3) is 6.73. The maximum Gasteiger partial charge on any atom is 0.222 e. The lowest BCUT2D eigenvalue weighted by atomic mass is 10.1. The zero-order valence-corrected chi connectivity index (χ0v) is 16.7. The molecule has 24 heavy (non-hydrogen) atoms. The van der Waals surface area contributed by atoms with Crippen LogP contribution in [0.3, 0.4) is 0 Å². The highest BCUT2D eigenvalue weighted by Gasteiger charge is 2.29. The van der Waals surface area contributed by atoms with Crippen LogP contribution in [0, 0.1) is 6.92 Å². The molecule has 0 saturated carbocycles. The smallest absolute Gasteiger partial charge is 0.222 e. The molecule has 0 spiro atoms. The Morgan fingerprint density at radius 3 is 2.96 bits per heavy atom. The highest BCUT2D eigenvalue weighted by molar-refractivity contribution is 8.01. The topological polar surface area (TPSA) is 45.2 Å². The van der Waals surface area contributed by atoms with Gasteiger partial charge in [-0.2, -0.15) is 0 Å². The molecule has 1 aromatic heterocycles. The normalized spacial score (nSPS) is 17.8. The number of nitrogens with zero attached hydrogens (tertiary/aromatic N) is 2. The molecular weight excluding hydrogens is 338 g/mol. The zero-order chi connectivity index (χ0) is 17.2. The highest BCUT2D eigenvalue weighted by atomic mass is 32.2. The summed E-state index contributed by atoms with van der Waals surface area (Å²) in [5.41, 5.74) is 1.08. The van der Waals surface area contributed by atoms with Crippen LogP contribution in [0.5, 0.6) is 0 Å². The zero-order valence-electron chi connectivity index (χ0n) is 15.1. The molecule has 0 unspecified atom stereocenters. The largest absolute Gasteiger partial charge is 0.338 e. The van der Waals surface area contributed by atoms with Gasteiger partial charge < -0.3 is 10.2 Å². The van der Waals surface area contributed by atoms with Gasteiger partial charge in [-0.3, -0.25) is 4.79 Å². The van der Waals surface area contributed by atoms with E-state index in [-0.39, 0.29) is 0 Å². The number of amides is 1. The van der Waals surface area contributed by atoms with Crippen molar-refractivity contribution in [3.8, 4) is 0 Å². The van der Waals surface area contributed by atoms with Crippen molar-refractivity contribution in [1.82, 2.24) is 15.2 Å². The van der Waals surface area contributed by atoms with Crippen molar-refractivity contribution in [2.45, 2.75) is 69.2 Å². The van der Waals surface area contributed by atoms with E-state index in [1.807, 2.05) is 6.92 Å². The number of unbranched alkanes of at least 4 members (excludes halogenated alkanes) is 4. The number of nitrogens with one attached hydrogen (secondary N) is 1. The summed E-state index contributed by atoms with van der Waals surface area (Å²) in [4.78, 5) is 18.7. The SMILES string of the molecule is CCCCCCCNC[C@H]1CCC(=O)N1CCSc1nc(C)cs1. The average molecular weight is 370 g/mol. The number of thioether (sulfide) groups is 1. The number of thiazole rings is 1. The summed E-state index contributed by atoms with van der Waals surface area (Å²) >= 11 is 3.46. The summed E-state index contributed by atoms with van der Waals surface area (Å²) in [5, 5.41) is 5.64. The first kappa shape index (κ1) is 19.7. The lowest BCUT2D eigenvalue weighted by molar-refractivity contribution is -0.128. The van der Waals surface area contributed by atoms with Gasteiger partial charge in [-0.05, 0) is 26.3 Å². The molecule has 1 amide bonds. The Bertz CT molecular complexity index is 492. The van der Waals surface area contributed by atoms with Gasteiger partial charge in [0.05, 0.1) is 0 Å². The molecule has 1 saturated heterocycles. The first-order valence-corrected chi connectivity index (χ1v) is 11.1. The van der Waals surface area contributed by atoms with Gasteiger partial charge in [-0.25, -0.2) is 4.98 Å². The third-order valence-corrected chi connectivity index (χ3v) is 6.56. The molecule has 0 aliphatic carbocycles. The quantitative estimate of drug-likeness (QED) is 0.445. The molecule has 1 aliphatic rings. The van der Waals surface area contributed by atoms with Crippen LogP contribution in [0.4, 0.5) is 0 Å². The molecule has 2 heterocycles. The minimum Gasteiger partial charge on any atom is -0.338 e. The Morgan fingerprint density at radius 2 is 2.21 bits per heavy atom. The Labute approximate surface area is 154 Å². The van der Waals surface area contributed by atoms with Crippen LogP contribution >= 0.6 is 23.1 Å². The average Bonchev–Trinajstić information content (AvgIpc) is 3.13. The first-order valence-electron chi connectivity index (χ1n) is 9.25. The van der Waals surface area contributed by atoms with E-state index in [2.05, 4.69) is 27.5 Å².